The molecule has 0 spiro atoms. The number of amides is 1. The molecule has 2 aromatic rings. The van der Waals surface area contributed by atoms with Gasteiger partial charge in [-0.05, 0) is 64.7 Å². The number of halogens is 2. The summed E-state index contributed by atoms with van der Waals surface area (Å²) in [4.78, 5) is 12.2. The van der Waals surface area contributed by atoms with E-state index in [4.69, 9.17) is 9.47 Å². The average Bonchev–Trinajstić information content (AvgIpc) is 3.14. The standard InChI is InChI=1S/C19H19BrFNO3/c20-18-8-5-14(21)10-17(18)19(23)22-11-13-3-6-15(7-4-13)25-12-16-2-1-9-24-16/h3-8,10,16H,1-2,9,11-12H2,(H,22,23). The highest BCUT2D eigenvalue weighted by atomic mass is 79.9. The molecule has 0 aliphatic carbocycles. The second kappa shape index (κ2) is 8.45. The summed E-state index contributed by atoms with van der Waals surface area (Å²) >= 11 is 3.26. The van der Waals surface area contributed by atoms with Crippen molar-refractivity contribution in [2.75, 3.05) is 13.2 Å². The van der Waals surface area contributed by atoms with E-state index in [0.29, 0.717) is 17.6 Å². The zero-order valence-electron chi connectivity index (χ0n) is 13.6. The number of hydrogen-bond acceptors (Lipinski definition) is 3. The van der Waals surface area contributed by atoms with E-state index in [0.717, 1.165) is 30.8 Å². The molecule has 4 nitrogen and oxygen atoms in total. The van der Waals surface area contributed by atoms with Crippen molar-refractivity contribution in [2.45, 2.75) is 25.5 Å². The van der Waals surface area contributed by atoms with Crippen LogP contribution in [0.5, 0.6) is 5.75 Å². The molecule has 0 bridgehead atoms. The predicted molar refractivity (Wildman–Crippen MR) is 96.2 cm³/mol. The number of carbonyl (C=O) groups is 1. The molecule has 0 saturated carbocycles. The Morgan fingerprint density at radius 1 is 1.28 bits per heavy atom. The van der Waals surface area contributed by atoms with E-state index in [-0.39, 0.29) is 17.6 Å². The molecule has 3 rings (SSSR count). The van der Waals surface area contributed by atoms with E-state index in [1.807, 2.05) is 24.3 Å². The Morgan fingerprint density at radius 3 is 2.80 bits per heavy atom. The fourth-order valence-electron chi connectivity index (χ4n) is 2.62. The second-order valence-corrected chi connectivity index (χ2v) is 6.75. The van der Waals surface area contributed by atoms with Gasteiger partial charge in [-0.1, -0.05) is 12.1 Å². The minimum Gasteiger partial charge on any atom is -0.491 e. The summed E-state index contributed by atoms with van der Waals surface area (Å²) < 4.78 is 25.1. The molecule has 1 amide bonds. The van der Waals surface area contributed by atoms with E-state index >= 15 is 0 Å². The lowest BCUT2D eigenvalue weighted by molar-refractivity contribution is 0.0679. The molecule has 132 valence electrons. The van der Waals surface area contributed by atoms with Crippen LogP contribution in [0.15, 0.2) is 46.9 Å². The van der Waals surface area contributed by atoms with E-state index in [1.54, 1.807) is 0 Å². The lowest BCUT2D eigenvalue weighted by atomic mass is 10.2. The zero-order valence-corrected chi connectivity index (χ0v) is 15.2. The summed E-state index contributed by atoms with van der Waals surface area (Å²) in [5.74, 6) is 0.00429. The van der Waals surface area contributed by atoms with Gasteiger partial charge in [0.05, 0.1) is 11.7 Å². The SMILES string of the molecule is O=C(NCc1ccc(OCC2CCCO2)cc1)c1cc(F)ccc1Br. The molecule has 6 heteroatoms. The Kier molecular flexibility index (Phi) is 6.04. The van der Waals surface area contributed by atoms with Crippen molar-refractivity contribution >= 4 is 21.8 Å². The first-order chi connectivity index (χ1) is 12.1. The number of benzene rings is 2. The van der Waals surface area contributed by atoms with Crippen LogP contribution in [-0.2, 0) is 11.3 Å². The van der Waals surface area contributed by atoms with Crippen LogP contribution >= 0.6 is 15.9 Å². The van der Waals surface area contributed by atoms with E-state index in [2.05, 4.69) is 21.2 Å². The third-order valence-corrected chi connectivity index (χ3v) is 4.70. The average molecular weight is 408 g/mol. The minimum absolute atomic E-state index is 0.184. The van der Waals surface area contributed by atoms with Gasteiger partial charge in [-0.3, -0.25) is 4.79 Å². The highest BCUT2D eigenvalue weighted by Gasteiger charge is 2.16. The van der Waals surface area contributed by atoms with Gasteiger partial charge in [-0.2, -0.15) is 0 Å². The van der Waals surface area contributed by atoms with E-state index < -0.39 is 5.82 Å². The summed E-state index contributed by atoms with van der Waals surface area (Å²) in [6.07, 6.45) is 2.32. The molecule has 1 saturated heterocycles. The van der Waals surface area contributed by atoms with Crippen LogP contribution in [-0.4, -0.2) is 25.2 Å². The molecule has 25 heavy (non-hydrogen) atoms. The quantitative estimate of drug-likeness (QED) is 0.784. The first kappa shape index (κ1) is 17.9. The summed E-state index contributed by atoms with van der Waals surface area (Å²) in [5, 5.41) is 2.78. The Morgan fingerprint density at radius 2 is 2.08 bits per heavy atom. The molecular weight excluding hydrogens is 389 g/mol. The topological polar surface area (TPSA) is 47.6 Å². The van der Waals surface area contributed by atoms with Gasteiger partial charge in [0.15, 0.2) is 0 Å². The lowest BCUT2D eigenvalue weighted by Crippen LogP contribution is -2.23. The number of ether oxygens (including phenoxy) is 2. The van der Waals surface area contributed by atoms with Gasteiger partial charge < -0.3 is 14.8 Å². The highest BCUT2D eigenvalue weighted by molar-refractivity contribution is 9.10. The fourth-order valence-corrected chi connectivity index (χ4v) is 3.04. The van der Waals surface area contributed by atoms with Gasteiger partial charge in [0.25, 0.3) is 5.91 Å². The fraction of sp³-hybridized carbons (Fsp3) is 0.316. The zero-order chi connectivity index (χ0) is 17.6. The molecule has 2 aromatic carbocycles. The first-order valence-electron chi connectivity index (χ1n) is 8.18. The minimum atomic E-state index is -0.443. The molecular formula is C19H19BrFNO3. The maximum Gasteiger partial charge on any atom is 0.252 e. The highest BCUT2D eigenvalue weighted by Crippen LogP contribution is 2.19. The normalized spacial score (nSPS) is 16.6. The van der Waals surface area contributed by atoms with Crippen LogP contribution in [0.2, 0.25) is 0 Å². The summed E-state index contributed by atoms with van der Waals surface area (Å²) in [5.41, 5.74) is 1.21. The van der Waals surface area contributed by atoms with Crippen LogP contribution < -0.4 is 10.1 Å². The lowest BCUT2D eigenvalue weighted by Gasteiger charge is -2.12. The van der Waals surface area contributed by atoms with Crippen LogP contribution in [0.3, 0.4) is 0 Å². The number of hydrogen-bond donors (Lipinski definition) is 1. The maximum absolute atomic E-state index is 13.3. The third kappa shape index (κ3) is 5.03. The van der Waals surface area contributed by atoms with Crippen LogP contribution in [0.25, 0.3) is 0 Å². The van der Waals surface area contributed by atoms with Crippen molar-refractivity contribution in [2.24, 2.45) is 0 Å². The largest absolute Gasteiger partial charge is 0.491 e. The molecule has 0 radical (unpaired) electrons. The van der Waals surface area contributed by atoms with Crippen molar-refractivity contribution in [3.05, 3.63) is 63.9 Å². The molecule has 1 fully saturated rings. The van der Waals surface area contributed by atoms with Gasteiger partial charge in [0.1, 0.15) is 18.2 Å². The molecule has 1 N–H and O–H groups in total. The summed E-state index contributed by atoms with van der Waals surface area (Å²) in [7, 11) is 0. The summed E-state index contributed by atoms with van der Waals surface area (Å²) in [6, 6.07) is 11.6. The van der Waals surface area contributed by atoms with Gasteiger partial charge in [-0.25, -0.2) is 4.39 Å². The smallest absolute Gasteiger partial charge is 0.252 e. The third-order valence-electron chi connectivity index (χ3n) is 4.01. The number of nitrogens with one attached hydrogen (secondary N) is 1. The van der Waals surface area contributed by atoms with Gasteiger partial charge in [0, 0.05) is 17.6 Å². The van der Waals surface area contributed by atoms with Crippen LogP contribution in [0, 0.1) is 5.82 Å². The van der Waals surface area contributed by atoms with Crippen molar-refractivity contribution in [3.63, 3.8) is 0 Å². The second-order valence-electron chi connectivity index (χ2n) is 5.90. The maximum atomic E-state index is 13.3. The van der Waals surface area contributed by atoms with E-state index in [9.17, 15) is 9.18 Å². The Hall–Kier alpha value is -1.92. The van der Waals surface area contributed by atoms with Crippen molar-refractivity contribution in [1.29, 1.82) is 0 Å². The van der Waals surface area contributed by atoms with Crippen LogP contribution in [0.1, 0.15) is 28.8 Å². The predicted octanol–water partition coefficient (Wildman–Crippen LogP) is 4.08. The molecule has 1 aliphatic rings. The number of carbonyl (C=O) groups excluding carboxylic acids is 1. The Labute approximate surface area is 154 Å². The monoisotopic (exact) mass is 407 g/mol. The number of rotatable bonds is 6. The van der Waals surface area contributed by atoms with Gasteiger partial charge >= 0.3 is 0 Å². The summed E-state index contributed by atoms with van der Waals surface area (Å²) in [6.45, 7) is 1.73. The van der Waals surface area contributed by atoms with Crippen molar-refractivity contribution < 1.29 is 18.7 Å². The first-order valence-corrected chi connectivity index (χ1v) is 8.98. The molecule has 1 atom stereocenters. The Bertz CT molecular complexity index is 730. The van der Waals surface area contributed by atoms with E-state index in [1.165, 1.54) is 18.2 Å². The molecule has 1 unspecified atom stereocenters. The molecule has 1 heterocycles. The van der Waals surface area contributed by atoms with Gasteiger partial charge in [-0.15, -0.1) is 0 Å². The van der Waals surface area contributed by atoms with Gasteiger partial charge in [0.2, 0.25) is 0 Å². The van der Waals surface area contributed by atoms with Crippen molar-refractivity contribution in [1.82, 2.24) is 5.32 Å². The molecule has 1 aliphatic heterocycles. The Balaban J connectivity index is 1.51. The van der Waals surface area contributed by atoms with Crippen LogP contribution in [0.4, 0.5) is 4.39 Å². The van der Waals surface area contributed by atoms with Crippen molar-refractivity contribution in [3.8, 4) is 5.75 Å². The molecule has 0 aromatic heterocycles.